The van der Waals surface area contributed by atoms with Crippen LogP contribution >= 0.6 is 0 Å². The first-order chi connectivity index (χ1) is 12.3. The third-order valence-electron chi connectivity index (χ3n) is 3.84. The van der Waals surface area contributed by atoms with Gasteiger partial charge in [0.05, 0.1) is 12.0 Å². The fourth-order valence-electron chi connectivity index (χ4n) is 2.80. The van der Waals surface area contributed by atoms with E-state index in [0.717, 1.165) is 15.9 Å². The summed E-state index contributed by atoms with van der Waals surface area (Å²) in [6.45, 7) is -0.0359. The highest BCUT2D eigenvalue weighted by Crippen LogP contribution is 2.44. The Hall–Kier alpha value is -3.73. The second-order valence-corrected chi connectivity index (χ2v) is 5.40. The summed E-state index contributed by atoms with van der Waals surface area (Å²) in [7, 11) is 0. The highest BCUT2D eigenvalue weighted by atomic mass is 16.5. The highest BCUT2D eigenvalue weighted by molar-refractivity contribution is 5.98. The van der Waals surface area contributed by atoms with Crippen molar-refractivity contribution in [1.29, 1.82) is 5.26 Å². The monoisotopic (exact) mass is 332 g/mol. The number of amides is 1. The van der Waals surface area contributed by atoms with E-state index in [-0.39, 0.29) is 18.4 Å². The number of carbonyl (C=O) groups is 1. The van der Waals surface area contributed by atoms with Gasteiger partial charge >= 0.3 is 0 Å². The number of nitrogens with zero attached hydrogens (tertiary/aromatic N) is 5. The van der Waals surface area contributed by atoms with E-state index in [1.54, 1.807) is 0 Å². The van der Waals surface area contributed by atoms with Gasteiger partial charge < -0.3 is 4.74 Å². The highest BCUT2D eigenvalue weighted by Gasteiger charge is 2.32. The SMILES string of the molecule is N#CCn1nnc(NC(=O)C2c3ccccc3Oc3ccccc32)n1. The Bertz CT molecular complexity index is 945. The largest absolute Gasteiger partial charge is 0.457 e. The number of ether oxygens (including phenoxy) is 1. The van der Waals surface area contributed by atoms with Crippen molar-refractivity contribution in [2.24, 2.45) is 0 Å². The molecule has 2 aromatic carbocycles. The topological polar surface area (TPSA) is 106 Å². The molecular formula is C17H12N6O2. The van der Waals surface area contributed by atoms with Crippen LogP contribution in [0.1, 0.15) is 17.0 Å². The third-order valence-corrected chi connectivity index (χ3v) is 3.84. The maximum absolute atomic E-state index is 12.9. The van der Waals surface area contributed by atoms with E-state index in [0.29, 0.717) is 11.5 Å². The molecule has 1 N–H and O–H groups in total. The van der Waals surface area contributed by atoms with Gasteiger partial charge in [0, 0.05) is 11.1 Å². The van der Waals surface area contributed by atoms with Gasteiger partial charge in [0.25, 0.3) is 5.95 Å². The van der Waals surface area contributed by atoms with Gasteiger partial charge in [0.1, 0.15) is 18.0 Å². The van der Waals surface area contributed by atoms with Crippen molar-refractivity contribution in [3.63, 3.8) is 0 Å². The van der Waals surface area contributed by atoms with Crippen LogP contribution in [-0.2, 0) is 11.3 Å². The van der Waals surface area contributed by atoms with Crippen molar-refractivity contribution in [3.05, 3.63) is 59.7 Å². The Morgan fingerprint density at radius 3 is 2.44 bits per heavy atom. The van der Waals surface area contributed by atoms with Crippen LogP contribution in [0.4, 0.5) is 5.95 Å². The summed E-state index contributed by atoms with van der Waals surface area (Å²) in [5, 5.41) is 22.7. The molecule has 0 saturated carbocycles. The first-order valence-corrected chi connectivity index (χ1v) is 7.57. The van der Waals surface area contributed by atoms with E-state index in [4.69, 9.17) is 10.00 Å². The molecule has 1 aliphatic heterocycles. The van der Waals surface area contributed by atoms with Gasteiger partial charge in [-0.25, -0.2) is 0 Å². The minimum Gasteiger partial charge on any atom is -0.457 e. The van der Waals surface area contributed by atoms with Crippen LogP contribution in [0.3, 0.4) is 0 Å². The van der Waals surface area contributed by atoms with Crippen molar-refractivity contribution in [3.8, 4) is 17.6 Å². The summed E-state index contributed by atoms with van der Waals surface area (Å²) in [6, 6.07) is 16.7. The number of rotatable bonds is 3. The minimum atomic E-state index is -0.552. The summed E-state index contributed by atoms with van der Waals surface area (Å²) in [4.78, 5) is 14.0. The number of nitrogens with one attached hydrogen (secondary N) is 1. The Balaban J connectivity index is 1.69. The van der Waals surface area contributed by atoms with Gasteiger partial charge in [-0.2, -0.15) is 5.26 Å². The molecule has 1 aliphatic rings. The lowest BCUT2D eigenvalue weighted by atomic mass is 9.87. The van der Waals surface area contributed by atoms with Gasteiger partial charge in [-0.05, 0) is 17.3 Å². The number of benzene rings is 2. The average molecular weight is 332 g/mol. The van der Waals surface area contributed by atoms with Crippen LogP contribution in [0, 0.1) is 11.3 Å². The molecule has 0 atom stereocenters. The molecule has 0 aliphatic carbocycles. The van der Waals surface area contributed by atoms with Crippen molar-refractivity contribution >= 4 is 11.9 Å². The zero-order chi connectivity index (χ0) is 17.2. The Labute approximate surface area is 142 Å². The molecule has 8 heteroatoms. The number of fused-ring (bicyclic) bond motifs is 2. The number of carbonyl (C=O) groups excluding carboxylic acids is 1. The first-order valence-electron chi connectivity index (χ1n) is 7.57. The molecule has 0 fully saturated rings. The number of hydrogen-bond acceptors (Lipinski definition) is 6. The fourth-order valence-corrected chi connectivity index (χ4v) is 2.80. The molecular weight excluding hydrogens is 320 g/mol. The quantitative estimate of drug-likeness (QED) is 0.787. The summed E-state index contributed by atoms with van der Waals surface area (Å²) < 4.78 is 5.88. The maximum Gasteiger partial charge on any atom is 0.270 e. The number of hydrogen-bond donors (Lipinski definition) is 1. The standard InChI is InChI=1S/C17H12N6O2/c18-9-10-23-21-17(20-22-23)19-16(24)15-11-5-1-3-7-13(11)25-14-8-4-2-6-12(14)15/h1-8,15H,10H2,(H,19,21,24). The van der Waals surface area contributed by atoms with E-state index < -0.39 is 5.92 Å². The van der Waals surface area contributed by atoms with E-state index in [1.165, 1.54) is 0 Å². The number of aromatic nitrogens is 4. The van der Waals surface area contributed by atoms with Crippen LogP contribution in [0.25, 0.3) is 0 Å². The second-order valence-electron chi connectivity index (χ2n) is 5.40. The average Bonchev–Trinajstić information content (AvgIpc) is 3.06. The van der Waals surface area contributed by atoms with Crippen LogP contribution in [-0.4, -0.2) is 26.1 Å². The van der Waals surface area contributed by atoms with Gasteiger partial charge in [-0.1, -0.05) is 41.5 Å². The van der Waals surface area contributed by atoms with Crippen molar-refractivity contribution in [2.75, 3.05) is 5.32 Å². The Morgan fingerprint density at radius 2 is 1.80 bits per heavy atom. The Morgan fingerprint density at radius 1 is 1.16 bits per heavy atom. The predicted molar refractivity (Wildman–Crippen MR) is 86.9 cm³/mol. The van der Waals surface area contributed by atoms with E-state index >= 15 is 0 Å². The lowest BCUT2D eigenvalue weighted by Gasteiger charge is -2.26. The molecule has 0 saturated heterocycles. The van der Waals surface area contributed by atoms with E-state index in [2.05, 4.69) is 20.7 Å². The van der Waals surface area contributed by atoms with Crippen LogP contribution < -0.4 is 10.1 Å². The molecule has 0 unspecified atom stereocenters. The van der Waals surface area contributed by atoms with Crippen LogP contribution in [0.2, 0.25) is 0 Å². The summed E-state index contributed by atoms with van der Waals surface area (Å²) in [5.74, 6) is 0.496. The predicted octanol–water partition coefficient (Wildman–Crippen LogP) is 2.07. The zero-order valence-electron chi connectivity index (χ0n) is 13.0. The molecule has 25 heavy (non-hydrogen) atoms. The molecule has 0 bridgehead atoms. The molecule has 0 radical (unpaired) electrons. The van der Waals surface area contributed by atoms with E-state index in [1.807, 2.05) is 54.6 Å². The normalized spacial score (nSPS) is 12.4. The summed E-state index contributed by atoms with van der Waals surface area (Å²) in [5.41, 5.74) is 1.53. The molecule has 4 rings (SSSR count). The smallest absolute Gasteiger partial charge is 0.270 e. The number of nitriles is 1. The van der Waals surface area contributed by atoms with E-state index in [9.17, 15) is 4.79 Å². The second kappa shape index (κ2) is 6.05. The van der Waals surface area contributed by atoms with Crippen LogP contribution in [0.5, 0.6) is 11.5 Å². The van der Waals surface area contributed by atoms with Crippen molar-refractivity contribution in [2.45, 2.75) is 12.5 Å². The molecule has 0 spiro atoms. The summed E-state index contributed by atoms with van der Waals surface area (Å²) in [6.07, 6.45) is 0. The zero-order valence-corrected chi connectivity index (χ0v) is 13.0. The molecule has 122 valence electrons. The molecule has 1 aromatic heterocycles. The molecule has 2 heterocycles. The molecule has 3 aromatic rings. The lowest BCUT2D eigenvalue weighted by Crippen LogP contribution is -2.25. The number of tetrazole rings is 1. The lowest BCUT2D eigenvalue weighted by molar-refractivity contribution is -0.116. The molecule has 1 amide bonds. The Kier molecular flexibility index (Phi) is 3.59. The maximum atomic E-state index is 12.9. The first kappa shape index (κ1) is 14.8. The van der Waals surface area contributed by atoms with Gasteiger partial charge in [0.2, 0.25) is 5.91 Å². The van der Waals surface area contributed by atoms with Gasteiger partial charge in [-0.3, -0.25) is 10.1 Å². The fraction of sp³-hybridized carbons (Fsp3) is 0.118. The van der Waals surface area contributed by atoms with Gasteiger partial charge in [0.15, 0.2) is 0 Å². The summed E-state index contributed by atoms with van der Waals surface area (Å²) >= 11 is 0. The van der Waals surface area contributed by atoms with Crippen LogP contribution in [0.15, 0.2) is 48.5 Å². The molecule has 8 nitrogen and oxygen atoms in total. The van der Waals surface area contributed by atoms with Gasteiger partial charge in [-0.15, -0.1) is 9.90 Å². The van der Waals surface area contributed by atoms with Crippen molar-refractivity contribution in [1.82, 2.24) is 20.2 Å². The van der Waals surface area contributed by atoms with Crippen molar-refractivity contribution < 1.29 is 9.53 Å². The minimum absolute atomic E-state index is 0.0359. The number of para-hydroxylation sites is 2. The third kappa shape index (κ3) is 2.68. The number of anilines is 1.